The van der Waals surface area contributed by atoms with Crippen LogP contribution in [-0.2, 0) is 11.2 Å². The van der Waals surface area contributed by atoms with Crippen molar-refractivity contribution >= 4 is 45.7 Å². The van der Waals surface area contributed by atoms with Crippen molar-refractivity contribution in [3.05, 3.63) is 63.3 Å². The third kappa shape index (κ3) is 3.36. The Morgan fingerprint density at radius 2 is 1.87 bits per heavy atom. The second kappa shape index (κ2) is 6.26. The Morgan fingerprint density at radius 1 is 1.09 bits per heavy atom. The van der Waals surface area contributed by atoms with E-state index in [1.54, 1.807) is 18.2 Å². The highest BCUT2D eigenvalue weighted by molar-refractivity contribution is 6.42. The van der Waals surface area contributed by atoms with Gasteiger partial charge in [0.1, 0.15) is 0 Å². The predicted octanol–water partition coefficient (Wildman–Crippen LogP) is 5.27. The minimum Gasteiger partial charge on any atom is -0.358 e. The Hall–Kier alpha value is -1.97. The minimum atomic E-state index is -0.0890. The minimum absolute atomic E-state index is 0.0890. The van der Waals surface area contributed by atoms with Gasteiger partial charge in [-0.05, 0) is 49.7 Å². The molecule has 1 heterocycles. The van der Waals surface area contributed by atoms with Gasteiger partial charge in [-0.25, -0.2) is 0 Å². The summed E-state index contributed by atoms with van der Waals surface area (Å²) in [4.78, 5) is 15.7. The van der Waals surface area contributed by atoms with Crippen molar-refractivity contribution in [3.8, 4) is 0 Å². The summed E-state index contributed by atoms with van der Waals surface area (Å²) >= 11 is 11.9. The summed E-state index contributed by atoms with van der Waals surface area (Å²) in [6, 6.07) is 11.2. The molecule has 1 aromatic heterocycles. The van der Waals surface area contributed by atoms with Crippen LogP contribution >= 0.6 is 23.2 Å². The molecule has 5 heteroatoms. The molecule has 0 aliphatic heterocycles. The fourth-order valence-corrected chi connectivity index (χ4v) is 2.96. The number of anilines is 1. The summed E-state index contributed by atoms with van der Waals surface area (Å²) in [5.41, 5.74) is 4.88. The Balaban J connectivity index is 1.84. The van der Waals surface area contributed by atoms with E-state index in [2.05, 4.69) is 22.4 Å². The van der Waals surface area contributed by atoms with Crippen LogP contribution in [-0.4, -0.2) is 10.9 Å². The average Bonchev–Trinajstić information content (AvgIpc) is 2.79. The van der Waals surface area contributed by atoms with Gasteiger partial charge in [-0.1, -0.05) is 34.8 Å². The van der Waals surface area contributed by atoms with Crippen LogP contribution in [0.1, 0.15) is 16.8 Å². The Morgan fingerprint density at radius 3 is 2.61 bits per heavy atom. The quantitative estimate of drug-likeness (QED) is 0.666. The molecule has 0 unspecified atom stereocenters. The molecule has 0 aliphatic rings. The summed E-state index contributed by atoms with van der Waals surface area (Å²) in [6.45, 7) is 4.03. The molecule has 0 fully saturated rings. The van der Waals surface area contributed by atoms with Crippen LogP contribution in [0.4, 0.5) is 5.69 Å². The zero-order chi connectivity index (χ0) is 16.6. The number of fused-ring (bicyclic) bond motifs is 1. The molecule has 0 bridgehead atoms. The van der Waals surface area contributed by atoms with E-state index >= 15 is 0 Å². The topological polar surface area (TPSA) is 44.9 Å². The average molecular weight is 347 g/mol. The highest BCUT2D eigenvalue weighted by atomic mass is 35.5. The molecular weight excluding hydrogens is 331 g/mol. The van der Waals surface area contributed by atoms with E-state index in [9.17, 15) is 4.79 Å². The van der Waals surface area contributed by atoms with Gasteiger partial charge >= 0.3 is 0 Å². The lowest BCUT2D eigenvalue weighted by atomic mass is 10.1. The first-order chi connectivity index (χ1) is 10.9. The van der Waals surface area contributed by atoms with Crippen molar-refractivity contribution in [2.24, 2.45) is 0 Å². The van der Waals surface area contributed by atoms with Crippen LogP contribution in [0, 0.1) is 13.8 Å². The smallest absolute Gasteiger partial charge is 0.228 e. The van der Waals surface area contributed by atoms with Crippen molar-refractivity contribution in [1.82, 2.24) is 4.98 Å². The van der Waals surface area contributed by atoms with Gasteiger partial charge in [0, 0.05) is 22.3 Å². The molecule has 118 valence electrons. The molecule has 3 nitrogen and oxygen atoms in total. The molecule has 1 amide bonds. The zero-order valence-corrected chi connectivity index (χ0v) is 14.3. The van der Waals surface area contributed by atoms with Gasteiger partial charge in [-0.3, -0.25) is 4.79 Å². The molecule has 3 rings (SSSR count). The summed E-state index contributed by atoms with van der Waals surface area (Å²) in [6.07, 6.45) is 0.301. The van der Waals surface area contributed by atoms with Crippen LogP contribution in [0.3, 0.4) is 0 Å². The molecule has 0 saturated carbocycles. The molecular formula is C18H16Cl2N2O. The third-order valence-electron chi connectivity index (χ3n) is 3.82. The Bertz CT molecular complexity index is 899. The molecule has 2 aromatic carbocycles. The first-order valence-electron chi connectivity index (χ1n) is 7.27. The van der Waals surface area contributed by atoms with Crippen molar-refractivity contribution in [1.29, 1.82) is 0 Å². The third-order valence-corrected chi connectivity index (χ3v) is 4.55. The summed E-state index contributed by atoms with van der Waals surface area (Å²) < 4.78 is 0. The van der Waals surface area contributed by atoms with Gasteiger partial charge in [-0.2, -0.15) is 0 Å². The lowest BCUT2D eigenvalue weighted by Gasteiger charge is -2.07. The van der Waals surface area contributed by atoms with Gasteiger partial charge in [-0.15, -0.1) is 0 Å². The summed E-state index contributed by atoms with van der Waals surface area (Å²) in [7, 11) is 0. The molecule has 0 radical (unpaired) electrons. The molecule has 23 heavy (non-hydrogen) atoms. The number of hydrogen-bond donors (Lipinski definition) is 2. The summed E-state index contributed by atoms with van der Waals surface area (Å²) in [5, 5.41) is 4.83. The predicted molar refractivity (Wildman–Crippen MR) is 96.6 cm³/mol. The molecule has 3 aromatic rings. The number of aromatic nitrogens is 1. The number of rotatable bonds is 3. The van der Waals surface area contributed by atoms with Gasteiger partial charge in [0.25, 0.3) is 0 Å². The zero-order valence-electron chi connectivity index (χ0n) is 12.8. The normalized spacial score (nSPS) is 11.0. The standard InChI is InChI=1S/C18H16Cl2N2O/c1-10-3-6-17-14(7-10)13(11(2)21-17)9-18(23)22-12-4-5-15(19)16(20)8-12/h3-8,21H,9H2,1-2H3,(H,22,23). The maximum atomic E-state index is 12.4. The second-order valence-electron chi connectivity index (χ2n) is 5.63. The molecule has 0 atom stereocenters. The number of carbonyl (C=O) groups excluding carboxylic acids is 1. The van der Waals surface area contributed by atoms with Crippen LogP contribution in [0.5, 0.6) is 0 Å². The maximum Gasteiger partial charge on any atom is 0.228 e. The highest BCUT2D eigenvalue weighted by Crippen LogP contribution is 2.26. The largest absolute Gasteiger partial charge is 0.358 e. The van der Waals surface area contributed by atoms with E-state index in [4.69, 9.17) is 23.2 Å². The fraction of sp³-hybridized carbons (Fsp3) is 0.167. The van der Waals surface area contributed by atoms with Crippen molar-refractivity contribution in [2.45, 2.75) is 20.3 Å². The Kier molecular flexibility index (Phi) is 4.33. The highest BCUT2D eigenvalue weighted by Gasteiger charge is 2.13. The fourth-order valence-electron chi connectivity index (χ4n) is 2.66. The van der Waals surface area contributed by atoms with Gasteiger partial charge < -0.3 is 10.3 Å². The van der Waals surface area contributed by atoms with E-state index < -0.39 is 0 Å². The monoisotopic (exact) mass is 346 g/mol. The van der Waals surface area contributed by atoms with Crippen LogP contribution in [0.2, 0.25) is 10.0 Å². The first kappa shape index (κ1) is 15.9. The second-order valence-corrected chi connectivity index (χ2v) is 6.45. The van der Waals surface area contributed by atoms with E-state index in [0.717, 1.165) is 22.2 Å². The van der Waals surface area contributed by atoms with Crippen LogP contribution < -0.4 is 5.32 Å². The molecule has 0 aliphatic carbocycles. The number of carbonyl (C=O) groups is 1. The molecule has 0 saturated heterocycles. The first-order valence-corrected chi connectivity index (χ1v) is 8.02. The lowest BCUT2D eigenvalue weighted by Crippen LogP contribution is -2.14. The SMILES string of the molecule is Cc1ccc2[nH]c(C)c(CC(=O)Nc3ccc(Cl)c(Cl)c3)c2c1. The summed E-state index contributed by atoms with van der Waals surface area (Å²) in [5.74, 6) is -0.0890. The number of aryl methyl sites for hydroxylation is 2. The number of halogens is 2. The Labute approximate surface area is 144 Å². The van der Waals surface area contributed by atoms with Crippen molar-refractivity contribution in [3.63, 3.8) is 0 Å². The van der Waals surface area contributed by atoms with Gasteiger partial charge in [0.05, 0.1) is 16.5 Å². The maximum absolute atomic E-state index is 12.4. The number of hydrogen-bond acceptors (Lipinski definition) is 1. The molecule has 2 N–H and O–H groups in total. The number of nitrogens with one attached hydrogen (secondary N) is 2. The van der Waals surface area contributed by atoms with E-state index in [-0.39, 0.29) is 5.91 Å². The molecule has 0 spiro atoms. The van der Waals surface area contributed by atoms with Crippen LogP contribution in [0.25, 0.3) is 10.9 Å². The number of benzene rings is 2. The number of aromatic amines is 1. The van der Waals surface area contributed by atoms with Crippen molar-refractivity contribution in [2.75, 3.05) is 5.32 Å². The number of H-pyrrole nitrogens is 1. The number of amides is 1. The van der Waals surface area contributed by atoms with E-state index in [1.807, 2.05) is 19.9 Å². The van der Waals surface area contributed by atoms with E-state index in [0.29, 0.717) is 22.2 Å². The van der Waals surface area contributed by atoms with Crippen molar-refractivity contribution < 1.29 is 4.79 Å². The van der Waals surface area contributed by atoms with Gasteiger partial charge in [0.2, 0.25) is 5.91 Å². The lowest BCUT2D eigenvalue weighted by molar-refractivity contribution is -0.115. The van der Waals surface area contributed by atoms with Crippen LogP contribution in [0.15, 0.2) is 36.4 Å². The van der Waals surface area contributed by atoms with Gasteiger partial charge in [0.15, 0.2) is 0 Å². The van der Waals surface area contributed by atoms with E-state index in [1.165, 1.54) is 5.56 Å².